The predicted octanol–water partition coefficient (Wildman–Crippen LogP) is 3.26. The van der Waals surface area contributed by atoms with E-state index >= 15 is 0 Å². The van der Waals surface area contributed by atoms with Crippen molar-refractivity contribution in [1.29, 1.82) is 0 Å². The number of ether oxygens (including phenoxy) is 1. The van der Waals surface area contributed by atoms with Crippen molar-refractivity contribution in [3.05, 3.63) is 66.5 Å². The summed E-state index contributed by atoms with van der Waals surface area (Å²) < 4.78 is 6.73. The van der Waals surface area contributed by atoms with E-state index in [1.165, 1.54) is 0 Å². The van der Waals surface area contributed by atoms with Crippen LogP contribution in [0.25, 0.3) is 33.1 Å². The Hall–Kier alpha value is -4.40. The van der Waals surface area contributed by atoms with Crippen molar-refractivity contribution in [1.82, 2.24) is 25.0 Å². The van der Waals surface area contributed by atoms with Crippen LogP contribution in [-0.2, 0) is 13.0 Å². The van der Waals surface area contributed by atoms with E-state index < -0.39 is 6.09 Å². The third-order valence-corrected chi connectivity index (χ3v) is 5.10. The van der Waals surface area contributed by atoms with Crippen LogP contribution in [0.5, 0.6) is 5.75 Å². The van der Waals surface area contributed by atoms with E-state index in [1.807, 2.05) is 47.3 Å². The molecule has 0 bridgehead atoms. The number of carbonyl (C=O) groups is 1. The minimum Gasteiger partial charge on any atom is -0.411 e. The van der Waals surface area contributed by atoms with Crippen molar-refractivity contribution in [2.45, 2.75) is 13.0 Å². The normalized spacial score (nSPS) is 11.2. The summed E-state index contributed by atoms with van der Waals surface area (Å²) >= 11 is 0. The molecule has 154 valence electrons. The van der Waals surface area contributed by atoms with Gasteiger partial charge in [0.15, 0.2) is 5.82 Å². The Morgan fingerprint density at radius 3 is 2.68 bits per heavy atom. The average Bonchev–Trinajstić information content (AvgIpc) is 3.43. The molecule has 3 aromatic heterocycles. The molecule has 3 heterocycles. The van der Waals surface area contributed by atoms with Gasteiger partial charge in [-0.05, 0) is 36.2 Å². The SMILES string of the molecule is NC(=O)Oc1ccc(CCn2cc3c(n2)c(N)nc2cc(-c4cc[nH]n4)ccc23)cc1. The number of hydrogen-bond acceptors (Lipinski definition) is 6. The lowest BCUT2D eigenvalue weighted by atomic mass is 10.1. The average molecular weight is 413 g/mol. The molecule has 9 nitrogen and oxygen atoms in total. The zero-order valence-corrected chi connectivity index (χ0v) is 16.4. The van der Waals surface area contributed by atoms with Gasteiger partial charge in [-0.1, -0.05) is 24.3 Å². The Balaban J connectivity index is 1.42. The first kappa shape index (κ1) is 18.6. The zero-order valence-electron chi connectivity index (χ0n) is 16.4. The molecular formula is C22H19N7O2. The number of carbonyl (C=O) groups excluding carboxylic acids is 1. The Bertz CT molecular complexity index is 1390. The number of nitrogens with zero attached hydrogens (tertiary/aromatic N) is 4. The molecule has 0 aliphatic heterocycles. The van der Waals surface area contributed by atoms with Gasteiger partial charge in [0.1, 0.15) is 11.3 Å². The molecule has 1 amide bonds. The Labute approximate surface area is 176 Å². The Morgan fingerprint density at radius 2 is 1.94 bits per heavy atom. The summed E-state index contributed by atoms with van der Waals surface area (Å²) in [6.45, 7) is 0.664. The number of aromatic nitrogens is 5. The summed E-state index contributed by atoms with van der Waals surface area (Å²) in [5.41, 5.74) is 15.6. The standard InChI is InChI=1S/C22H19N7O2/c23-21-20-17(16-6-3-14(11-19(16)26-21)18-7-9-25-27-18)12-29(28-20)10-8-13-1-4-15(5-2-13)31-22(24)30/h1-7,9,11-12H,8,10H2,(H2,23,26)(H2,24,30)(H,25,27). The fraction of sp³-hybridized carbons (Fsp3) is 0.0909. The maximum atomic E-state index is 10.8. The fourth-order valence-corrected chi connectivity index (χ4v) is 3.62. The van der Waals surface area contributed by atoms with Gasteiger partial charge in [-0.3, -0.25) is 9.78 Å². The first-order valence-corrected chi connectivity index (χ1v) is 9.69. The van der Waals surface area contributed by atoms with Crippen molar-refractivity contribution in [2.24, 2.45) is 5.73 Å². The van der Waals surface area contributed by atoms with Gasteiger partial charge in [-0.15, -0.1) is 0 Å². The van der Waals surface area contributed by atoms with Gasteiger partial charge in [0.05, 0.1) is 11.2 Å². The summed E-state index contributed by atoms with van der Waals surface area (Å²) in [6, 6.07) is 15.1. The third-order valence-electron chi connectivity index (χ3n) is 5.10. The van der Waals surface area contributed by atoms with E-state index in [-0.39, 0.29) is 0 Å². The number of benzene rings is 2. The van der Waals surface area contributed by atoms with Gasteiger partial charge >= 0.3 is 6.09 Å². The monoisotopic (exact) mass is 413 g/mol. The van der Waals surface area contributed by atoms with E-state index in [9.17, 15) is 4.79 Å². The Kier molecular flexibility index (Phi) is 4.47. The number of nitrogens with two attached hydrogens (primary N) is 2. The van der Waals surface area contributed by atoms with Crippen molar-refractivity contribution in [3.63, 3.8) is 0 Å². The van der Waals surface area contributed by atoms with Crippen LogP contribution in [0.15, 0.2) is 60.9 Å². The molecule has 5 rings (SSSR count). The van der Waals surface area contributed by atoms with E-state index in [0.717, 1.165) is 39.5 Å². The van der Waals surface area contributed by atoms with Gasteiger partial charge < -0.3 is 16.2 Å². The number of fused-ring (bicyclic) bond motifs is 3. The molecule has 0 saturated heterocycles. The van der Waals surface area contributed by atoms with Crippen molar-refractivity contribution < 1.29 is 9.53 Å². The molecule has 0 aliphatic carbocycles. The number of nitrogen functional groups attached to an aromatic ring is 1. The molecule has 0 unspecified atom stereocenters. The number of nitrogens with one attached hydrogen (secondary N) is 1. The number of hydrogen-bond donors (Lipinski definition) is 3. The highest BCUT2D eigenvalue weighted by Crippen LogP contribution is 2.30. The van der Waals surface area contributed by atoms with Crippen LogP contribution in [0.1, 0.15) is 5.56 Å². The molecule has 5 N–H and O–H groups in total. The van der Waals surface area contributed by atoms with E-state index in [2.05, 4.69) is 20.3 Å². The van der Waals surface area contributed by atoms with Crippen molar-refractivity contribution in [3.8, 4) is 17.0 Å². The number of amides is 1. The van der Waals surface area contributed by atoms with Gasteiger partial charge in [-0.2, -0.15) is 10.2 Å². The Morgan fingerprint density at radius 1 is 1.10 bits per heavy atom. The zero-order chi connectivity index (χ0) is 21.4. The van der Waals surface area contributed by atoms with Crippen LogP contribution in [-0.4, -0.2) is 31.1 Å². The lowest BCUT2D eigenvalue weighted by molar-refractivity contribution is 0.211. The number of aryl methyl sites for hydroxylation is 2. The second-order valence-electron chi connectivity index (χ2n) is 7.16. The minimum absolute atomic E-state index is 0.397. The smallest absolute Gasteiger partial charge is 0.409 e. The highest BCUT2D eigenvalue weighted by molar-refractivity contribution is 6.08. The lowest BCUT2D eigenvalue weighted by Crippen LogP contribution is -2.16. The molecule has 31 heavy (non-hydrogen) atoms. The fourth-order valence-electron chi connectivity index (χ4n) is 3.62. The van der Waals surface area contributed by atoms with Gasteiger partial charge in [-0.25, -0.2) is 9.78 Å². The molecule has 0 radical (unpaired) electrons. The van der Waals surface area contributed by atoms with Crippen LogP contribution in [0.3, 0.4) is 0 Å². The molecular weight excluding hydrogens is 394 g/mol. The number of anilines is 1. The summed E-state index contributed by atoms with van der Waals surface area (Å²) in [6.07, 6.45) is 3.70. The molecule has 2 aromatic carbocycles. The second-order valence-corrected chi connectivity index (χ2v) is 7.16. The molecule has 0 fully saturated rings. The molecule has 0 saturated carbocycles. The minimum atomic E-state index is -0.828. The van der Waals surface area contributed by atoms with E-state index in [4.69, 9.17) is 16.2 Å². The summed E-state index contributed by atoms with van der Waals surface area (Å²) in [5, 5.41) is 13.6. The van der Waals surface area contributed by atoms with E-state index in [1.54, 1.807) is 18.3 Å². The topological polar surface area (TPSA) is 138 Å². The number of aromatic amines is 1. The second kappa shape index (κ2) is 7.45. The molecule has 5 aromatic rings. The largest absolute Gasteiger partial charge is 0.411 e. The summed E-state index contributed by atoms with van der Waals surface area (Å²) in [4.78, 5) is 15.4. The highest BCUT2D eigenvalue weighted by atomic mass is 16.5. The molecule has 0 atom stereocenters. The third kappa shape index (κ3) is 3.64. The van der Waals surface area contributed by atoms with Gasteiger partial charge in [0, 0.05) is 35.3 Å². The molecule has 0 spiro atoms. The molecule has 9 heteroatoms. The summed E-state index contributed by atoms with van der Waals surface area (Å²) in [5.74, 6) is 0.814. The van der Waals surface area contributed by atoms with Crippen LogP contribution in [0.2, 0.25) is 0 Å². The quantitative estimate of drug-likeness (QED) is 0.404. The summed E-state index contributed by atoms with van der Waals surface area (Å²) in [7, 11) is 0. The number of H-pyrrole nitrogens is 1. The van der Waals surface area contributed by atoms with Crippen LogP contribution in [0.4, 0.5) is 10.6 Å². The van der Waals surface area contributed by atoms with Crippen molar-refractivity contribution in [2.75, 3.05) is 5.73 Å². The number of rotatable bonds is 5. The number of pyridine rings is 1. The highest BCUT2D eigenvalue weighted by Gasteiger charge is 2.12. The first-order chi connectivity index (χ1) is 15.1. The van der Waals surface area contributed by atoms with E-state index in [0.29, 0.717) is 23.6 Å². The maximum absolute atomic E-state index is 10.8. The van der Waals surface area contributed by atoms with Gasteiger partial charge in [0.2, 0.25) is 0 Å². The van der Waals surface area contributed by atoms with Crippen LogP contribution >= 0.6 is 0 Å². The molecule has 0 aliphatic rings. The predicted molar refractivity (Wildman–Crippen MR) is 117 cm³/mol. The van der Waals surface area contributed by atoms with Crippen LogP contribution < -0.4 is 16.2 Å². The lowest BCUT2D eigenvalue weighted by Gasteiger charge is -2.04. The number of primary amides is 1. The van der Waals surface area contributed by atoms with Crippen LogP contribution in [0, 0.1) is 0 Å². The van der Waals surface area contributed by atoms with Gasteiger partial charge in [0.25, 0.3) is 0 Å². The van der Waals surface area contributed by atoms with Crippen molar-refractivity contribution >= 4 is 33.7 Å². The first-order valence-electron chi connectivity index (χ1n) is 9.69. The maximum Gasteiger partial charge on any atom is 0.409 e.